The molecular formula is C14H23N5O. The van der Waals surface area contributed by atoms with E-state index in [-0.39, 0.29) is 5.91 Å². The molecule has 110 valence electrons. The number of rotatable bonds is 5. The molecule has 0 aromatic carbocycles. The number of nitrogens with one attached hydrogen (secondary N) is 2. The lowest BCUT2D eigenvalue weighted by Crippen LogP contribution is -2.29. The molecule has 20 heavy (non-hydrogen) atoms. The molecule has 2 rings (SSSR count). The first-order chi connectivity index (χ1) is 9.69. The Bertz CT molecular complexity index is 426. The molecule has 0 bridgehead atoms. The lowest BCUT2D eigenvalue weighted by atomic mass is 9.86. The van der Waals surface area contributed by atoms with Gasteiger partial charge in [-0.25, -0.2) is 0 Å². The summed E-state index contributed by atoms with van der Waals surface area (Å²) in [7, 11) is 0. The minimum absolute atomic E-state index is 0.187. The minimum Gasteiger partial charge on any atom is -0.368 e. The topological polar surface area (TPSA) is 92.9 Å². The van der Waals surface area contributed by atoms with E-state index in [0.29, 0.717) is 30.0 Å². The van der Waals surface area contributed by atoms with E-state index in [4.69, 9.17) is 5.73 Å². The molecule has 1 aromatic rings. The molecule has 0 aliphatic heterocycles. The van der Waals surface area contributed by atoms with Gasteiger partial charge >= 0.3 is 0 Å². The summed E-state index contributed by atoms with van der Waals surface area (Å²) in [5, 5.41) is 13.9. The maximum absolute atomic E-state index is 11.5. The van der Waals surface area contributed by atoms with Gasteiger partial charge in [0.05, 0.1) is 0 Å². The van der Waals surface area contributed by atoms with Crippen LogP contribution in [0.5, 0.6) is 0 Å². The number of hydrogen-bond donors (Lipinski definition) is 3. The largest absolute Gasteiger partial charge is 0.368 e. The molecule has 1 saturated carbocycles. The Labute approximate surface area is 119 Å². The van der Waals surface area contributed by atoms with Gasteiger partial charge < -0.3 is 16.4 Å². The van der Waals surface area contributed by atoms with E-state index in [1.807, 2.05) is 6.92 Å². The van der Waals surface area contributed by atoms with E-state index in [2.05, 4.69) is 20.8 Å². The van der Waals surface area contributed by atoms with Gasteiger partial charge in [0.15, 0.2) is 5.69 Å². The zero-order valence-corrected chi connectivity index (χ0v) is 11.9. The summed E-state index contributed by atoms with van der Waals surface area (Å²) in [5.74, 6) is 1.18. The van der Waals surface area contributed by atoms with Crippen LogP contribution in [0.1, 0.15) is 43.1 Å². The normalized spacial score (nSPS) is 22.3. The fourth-order valence-electron chi connectivity index (χ4n) is 2.44. The molecule has 1 aromatic heterocycles. The molecular weight excluding hydrogens is 254 g/mol. The van der Waals surface area contributed by atoms with E-state index in [0.717, 1.165) is 19.4 Å². The average molecular weight is 277 g/mol. The molecule has 1 fully saturated rings. The first-order valence-corrected chi connectivity index (χ1v) is 7.30. The predicted octanol–water partition coefficient (Wildman–Crippen LogP) is 1.16. The Balaban J connectivity index is 1.80. The van der Waals surface area contributed by atoms with Crippen LogP contribution in [-0.4, -0.2) is 35.2 Å². The summed E-state index contributed by atoms with van der Waals surface area (Å²) in [6.07, 6.45) is 4.54. The number of amides is 1. The Morgan fingerprint density at radius 3 is 2.65 bits per heavy atom. The molecule has 0 unspecified atom stereocenters. The van der Waals surface area contributed by atoms with Crippen LogP contribution in [0, 0.1) is 5.92 Å². The van der Waals surface area contributed by atoms with Crippen molar-refractivity contribution < 1.29 is 4.79 Å². The number of aromatic nitrogens is 2. The maximum Gasteiger partial charge on any atom is 0.271 e. The fourth-order valence-corrected chi connectivity index (χ4v) is 2.44. The second kappa shape index (κ2) is 7.19. The van der Waals surface area contributed by atoms with Crippen LogP contribution in [0.3, 0.4) is 0 Å². The first-order valence-electron chi connectivity index (χ1n) is 7.30. The van der Waals surface area contributed by atoms with Gasteiger partial charge in [-0.05, 0) is 50.7 Å². The quantitative estimate of drug-likeness (QED) is 0.751. The SMILES string of the molecule is CCNC(=O)c1ccc(NCC2CCC(N)CC2)nn1. The highest BCUT2D eigenvalue weighted by Gasteiger charge is 2.18. The van der Waals surface area contributed by atoms with E-state index < -0.39 is 0 Å². The van der Waals surface area contributed by atoms with Gasteiger partial charge in [0, 0.05) is 19.1 Å². The van der Waals surface area contributed by atoms with Crippen molar-refractivity contribution in [3.05, 3.63) is 17.8 Å². The summed E-state index contributed by atoms with van der Waals surface area (Å²) >= 11 is 0. The van der Waals surface area contributed by atoms with Crippen LogP contribution in [0.25, 0.3) is 0 Å². The van der Waals surface area contributed by atoms with Crippen molar-refractivity contribution in [3.8, 4) is 0 Å². The third-order valence-electron chi connectivity index (χ3n) is 3.70. The van der Waals surface area contributed by atoms with Crippen molar-refractivity contribution in [1.29, 1.82) is 0 Å². The lowest BCUT2D eigenvalue weighted by molar-refractivity contribution is 0.0950. The molecule has 0 spiro atoms. The number of hydrogen-bond acceptors (Lipinski definition) is 5. The summed E-state index contributed by atoms with van der Waals surface area (Å²) < 4.78 is 0. The molecule has 6 heteroatoms. The smallest absolute Gasteiger partial charge is 0.271 e. The van der Waals surface area contributed by atoms with Crippen LogP contribution < -0.4 is 16.4 Å². The maximum atomic E-state index is 11.5. The van der Waals surface area contributed by atoms with Gasteiger partial charge in [0.1, 0.15) is 5.82 Å². The zero-order chi connectivity index (χ0) is 14.4. The van der Waals surface area contributed by atoms with Gasteiger partial charge in [-0.2, -0.15) is 0 Å². The van der Waals surface area contributed by atoms with Crippen LogP contribution in [-0.2, 0) is 0 Å². The number of nitrogens with two attached hydrogens (primary N) is 1. The number of carbonyl (C=O) groups is 1. The third-order valence-corrected chi connectivity index (χ3v) is 3.70. The van der Waals surface area contributed by atoms with Crippen molar-refractivity contribution >= 4 is 11.7 Å². The zero-order valence-electron chi connectivity index (χ0n) is 11.9. The van der Waals surface area contributed by atoms with E-state index in [1.165, 1.54) is 12.8 Å². The molecule has 0 radical (unpaired) electrons. The summed E-state index contributed by atoms with van der Waals surface area (Å²) in [4.78, 5) is 11.5. The number of carbonyl (C=O) groups excluding carboxylic acids is 1. The molecule has 4 N–H and O–H groups in total. The van der Waals surface area contributed by atoms with Gasteiger partial charge in [0.2, 0.25) is 0 Å². The first kappa shape index (κ1) is 14.7. The van der Waals surface area contributed by atoms with Crippen LogP contribution in [0.15, 0.2) is 12.1 Å². The summed E-state index contributed by atoms with van der Waals surface area (Å²) in [6.45, 7) is 3.35. The molecule has 6 nitrogen and oxygen atoms in total. The Morgan fingerprint density at radius 1 is 1.30 bits per heavy atom. The van der Waals surface area contributed by atoms with Gasteiger partial charge in [-0.15, -0.1) is 10.2 Å². The molecule has 1 amide bonds. The molecule has 1 heterocycles. The van der Waals surface area contributed by atoms with E-state index in [9.17, 15) is 4.79 Å². The monoisotopic (exact) mass is 277 g/mol. The van der Waals surface area contributed by atoms with Crippen molar-refractivity contribution in [2.24, 2.45) is 11.7 Å². The second-order valence-corrected chi connectivity index (χ2v) is 5.32. The highest BCUT2D eigenvalue weighted by Crippen LogP contribution is 2.23. The van der Waals surface area contributed by atoms with Crippen molar-refractivity contribution in [2.75, 3.05) is 18.4 Å². The second-order valence-electron chi connectivity index (χ2n) is 5.32. The Kier molecular flexibility index (Phi) is 5.29. The number of nitrogens with zero attached hydrogens (tertiary/aromatic N) is 2. The van der Waals surface area contributed by atoms with Gasteiger partial charge in [-0.1, -0.05) is 0 Å². The van der Waals surface area contributed by atoms with Crippen LogP contribution >= 0.6 is 0 Å². The lowest BCUT2D eigenvalue weighted by Gasteiger charge is -2.26. The van der Waals surface area contributed by atoms with Crippen molar-refractivity contribution in [2.45, 2.75) is 38.6 Å². The highest BCUT2D eigenvalue weighted by atomic mass is 16.1. The summed E-state index contributed by atoms with van der Waals surface area (Å²) in [5.41, 5.74) is 6.24. The molecule has 1 aliphatic carbocycles. The van der Waals surface area contributed by atoms with Crippen molar-refractivity contribution in [1.82, 2.24) is 15.5 Å². The average Bonchev–Trinajstić information content (AvgIpc) is 2.47. The van der Waals surface area contributed by atoms with E-state index >= 15 is 0 Å². The number of anilines is 1. The molecule has 1 aliphatic rings. The van der Waals surface area contributed by atoms with E-state index in [1.54, 1.807) is 12.1 Å². The molecule has 0 saturated heterocycles. The van der Waals surface area contributed by atoms with Gasteiger partial charge in [0.25, 0.3) is 5.91 Å². The summed E-state index contributed by atoms with van der Waals surface area (Å²) in [6, 6.07) is 3.87. The van der Waals surface area contributed by atoms with Crippen LogP contribution in [0.2, 0.25) is 0 Å². The fraction of sp³-hybridized carbons (Fsp3) is 0.643. The predicted molar refractivity (Wildman–Crippen MR) is 78.5 cm³/mol. The standard InChI is InChI=1S/C14H23N5O/c1-2-16-14(20)12-7-8-13(19-18-12)17-9-10-3-5-11(15)6-4-10/h7-8,10-11H,2-6,9,15H2,1H3,(H,16,20)(H,17,19). The Hall–Kier alpha value is -1.69. The molecule has 0 atom stereocenters. The van der Waals surface area contributed by atoms with Gasteiger partial charge in [-0.3, -0.25) is 4.79 Å². The minimum atomic E-state index is -0.187. The van der Waals surface area contributed by atoms with Crippen LogP contribution in [0.4, 0.5) is 5.82 Å². The Morgan fingerprint density at radius 2 is 2.05 bits per heavy atom. The third kappa shape index (κ3) is 4.16. The van der Waals surface area contributed by atoms with Crippen molar-refractivity contribution in [3.63, 3.8) is 0 Å². The highest BCUT2D eigenvalue weighted by molar-refractivity contribution is 5.92.